The maximum Gasteiger partial charge on any atom is 0.143 e. The fourth-order valence-corrected chi connectivity index (χ4v) is 3.42. The quantitative estimate of drug-likeness (QED) is 0.568. The van der Waals surface area contributed by atoms with Crippen molar-refractivity contribution in [3.63, 3.8) is 0 Å². The normalized spacial score (nSPS) is 42.3. The van der Waals surface area contributed by atoms with Gasteiger partial charge in [-0.1, -0.05) is 0 Å². The molecule has 0 amide bonds. The molecule has 0 N–H and O–H groups in total. The zero-order valence-corrected chi connectivity index (χ0v) is 6.92. The highest BCUT2D eigenvalue weighted by Gasteiger charge is 2.48. The Labute approximate surface area is 66.7 Å². The van der Waals surface area contributed by atoms with E-state index in [4.69, 9.17) is 0 Å². The van der Waals surface area contributed by atoms with Crippen molar-refractivity contribution < 1.29 is 13.2 Å². The van der Waals surface area contributed by atoms with Gasteiger partial charge in [0, 0.05) is 12.8 Å². The van der Waals surface area contributed by atoms with Crippen LogP contribution in [0, 0.1) is 11.8 Å². The number of carbonyl (C=O) groups excluding carboxylic acids is 1. The van der Waals surface area contributed by atoms with Gasteiger partial charge in [0.25, 0.3) is 0 Å². The third-order valence-electron chi connectivity index (χ3n) is 2.79. The molecule has 3 fully saturated rings. The van der Waals surface area contributed by atoms with Crippen LogP contribution in [0.5, 0.6) is 0 Å². The van der Waals surface area contributed by atoms with Gasteiger partial charge in [-0.3, -0.25) is 4.79 Å². The van der Waals surface area contributed by atoms with Crippen LogP contribution >= 0.6 is 0 Å². The number of fused-ring (bicyclic) bond motifs is 2. The summed E-state index contributed by atoms with van der Waals surface area (Å²) in [5, 5.41) is -0.164. The summed E-state index contributed by atoms with van der Waals surface area (Å²) < 4.78 is 21.3. The summed E-state index contributed by atoms with van der Waals surface area (Å²) in [5.41, 5.74) is 0. The van der Waals surface area contributed by atoms with Crippen LogP contribution in [0.25, 0.3) is 0 Å². The van der Waals surface area contributed by atoms with Crippen LogP contribution in [0.4, 0.5) is 0 Å². The van der Waals surface area contributed by atoms with E-state index in [-0.39, 0.29) is 22.9 Å². The van der Waals surface area contributed by atoms with E-state index in [2.05, 4.69) is 0 Å². The summed E-state index contributed by atoms with van der Waals surface area (Å²) in [6.07, 6.45) is 1.97. The molecule has 0 aromatic rings. The number of hydrogen-bond acceptors (Lipinski definition) is 3. The highest BCUT2D eigenvalue weighted by Crippen LogP contribution is 2.45. The van der Waals surface area contributed by atoms with Crippen molar-refractivity contribution in [1.29, 1.82) is 0 Å². The number of rotatable bonds is 1. The summed E-state index contributed by atoms with van der Waals surface area (Å²) in [6.45, 7) is 0. The molecule has 2 atom stereocenters. The highest BCUT2D eigenvalue weighted by molar-refractivity contribution is 7.73. The smallest absolute Gasteiger partial charge is 0.143 e. The molecule has 0 aromatic heterocycles. The lowest BCUT2D eigenvalue weighted by Crippen LogP contribution is -2.49. The number of hydrogen-bond donors (Lipinski definition) is 1. The molecule has 2 bridgehead atoms. The van der Waals surface area contributed by atoms with Crippen molar-refractivity contribution >= 4 is 16.5 Å². The van der Waals surface area contributed by atoms with Gasteiger partial charge in [0.15, 0.2) is 0 Å². The Morgan fingerprint density at radius 1 is 1.18 bits per heavy atom. The molecule has 2 unspecified atom stereocenters. The Bertz CT molecular complexity index is 247. The lowest BCUT2D eigenvalue weighted by molar-refractivity contribution is -0.126. The maximum absolute atomic E-state index is 10.9. The molecule has 62 valence electrons. The molecule has 0 heterocycles. The molecular weight excluding hydrogens is 164 g/mol. The Morgan fingerprint density at radius 2 is 1.73 bits per heavy atom. The van der Waals surface area contributed by atoms with Crippen LogP contribution in [-0.2, 0) is 15.5 Å². The number of thiol groups is 1. The molecule has 3 saturated carbocycles. The second kappa shape index (κ2) is 2.30. The topological polar surface area (TPSA) is 51.2 Å². The second-order valence-electron chi connectivity index (χ2n) is 3.48. The third-order valence-corrected chi connectivity index (χ3v) is 4.12. The van der Waals surface area contributed by atoms with Crippen molar-refractivity contribution in [2.24, 2.45) is 11.8 Å². The first kappa shape index (κ1) is 7.28. The van der Waals surface area contributed by atoms with Crippen LogP contribution in [-0.4, -0.2) is 19.5 Å². The monoisotopic (exact) mass is 174 g/mol. The van der Waals surface area contributed by atoms with Gasteiger partial charge in [-0.25, -0.2) is 8.42 Å². The van der Waals surface area contributed by atoms with E-state index >= 15 is 0 Å². The standard InChI is InChI=1S/C7H10O3S/c8-6-2-4-1-5(3-6)7(4)11(9)10/h4-5,7,11H,1-3H2. The first-order chi connectivity index (χ1) is 5.18. The molecule has 3 aliphatic rings. The molecule has 0 aromatic carbocycles. The van der Waals surface area contributed by atoms with Crippen molar-refractivity contribution in [2.75, 3.05) is 0 Å². The zero-order valence-electron chi connectivity index (χ0n) is 6.03. The van der Waals surface area contributed by atoms with Crippen LogP contribution in [0.15, 0.2) is 0 Å². The van der Waals surface area contributed by atoms with E-state index in [9.17, 15) is 13.2 Å². The molecule has 3 nitrogen and oxygen atoms in total. The third kappa shape index (κ3) is 1.00. The maximum atomic E-state index is 10.9. The SMILES string of the molecule is O=C1CC2CC(C1)C2[SH](=O)=O. The molecule has 4 heteroatoms. The molecule has 0 aliphatic heterocycles. The summed E-state index contributed by atoms with van der Waals surface area (Å²) in [5.74, 6) is 0.587. The highest BCUT2D eigenvalue weighted by atomic mass is 32.2. The molecule has 11 heavy (non-hydrogen) atoms. The first-order valence-electron chi connectivity index (χ1n) is 3.83. The number of ketones is 1. The van der Waals surface area contributed by atoms with Gasteiger partial charge in [-0.05, 0) is 18.3 Å². The van der Waals surface area contributed by atoms with Crippen molar-refractivity contribution in [3.8, 4) is 0 Å². The van der Waals surface area contributed by atoms with Crippen molar-refractivity contribution in [1.82, 2.24) is 0 Å². The van der Waals surface area contributed by atoms with E-state index in [1.54, 1.807) is 0 Å². The summed E-state index contributed by atoms with van der Waals surface area (Å²) in [6, 6.07) is 0. The van der Waals surface area contributed by atoms with Gasteiger partial charge in [-0.2, -0.15) is 0 Å². The van der Waals surface area contributed by atoms with Gasteiger partial charge < -0.3 is 0 Å². The summed E-state index contributed by atoms with van der Waals surface area (Å²) in [7, 11) is -2.28. The van der Waals surface area contributed by atoms with Gasteiger partial charge in [0.2, 0.25) is 0 Å². The molecule has 3 rings (SSSR count). The Balaban J connectivity index is 2.15. The average molecular weight is 174 g/mol. The first-order valence-corrected chi connectivity index (χ1v) is 5.08. The minimum atomic E-state index is -2.28. The second-order valence-corrected chi connectivity index (χ2v) is 4.65. The van der Waals surface area contributed by atoms with Crippen molar-refractivity contribution in [3.05, 3.63) is 0 Å². The van der Waals surface area contributed by atoms with Gasteiger partial charge in [0.1, 0.15) is 16.5 Å². The van der Waals surface area contributed by atoms with Crippen LogP contribution in [0.1, 0.15) is 19.3 Å². The Morgan fingerprint density at radius 3 is 2.18 bits per heavy atom. The Hall–Kier alpha value is -0.380. The van der Waals surface area contributed by atoms with E-state index in [0.717, 1.165) is 6.42 Å². The van der Waals surface area contributed by atoms with Crippen molar-refractivity contribution in [2.45, 2.75) is 24.5 Å². The van der Waals surface area contributed by atoms with Gasteiger partial charge in [0.05, 0.1) is 5.25 Å². The average Bonchev–Trinajstić information content (AvgIpc) is 1.84. The van der Waals surface area contributed by atoms with E-state index < -0.39 is 10.7 Å². The minimum absolute atomic E-state index is 0.164. The number of carbonyl (C=O) groups is 1. The zero-order chi connectivity index (χ0) is 8.01. The largest absolute Gasteiger partial charge is 0.300 e. The Kier molecular flexibility index (Phi) is 1.52. The summed E-state index contributed by atoms with van der Waals surface area (Å²) >= 11 is 0. The van der Waals surface area contributed by atoms with E-state index in [0.29, 0.717) is 12.8 Å². The molecule has 3 aliphatic carbocycles. The fraction of sp³-hybridized carbons (Fsp3) is 0.857. The van der Waals surface area contributed by atoms with Gasteiger partial charge >= 0.3 is 0 Å². The van der Waals surface area contributed by atoms with Crippen LogP contribution in [0.2, 0.25) is 0 Å². The lowest BCUT2D eigenvalue weighted by Gasteiger charge is -2.45. The lowest BCUT2D eigenvalue weighted by atomic mass is 9.64. The predicted molar refractivity (Wildman–Crippen MR) is 39.9 cm³/mol. The van der Waals surface area contributed by atoms with E-state index in [1.807, 2.05) is 0 Å². The van der Waals surface area contributed by atoms with E-state index in [1.165, 1.54) is 0 Å². The molecule has 0 spiro atoms. The number of Topliss-reactive ketones (excluding diaryl/α,β-unsaturated/α-hetero) is 1. The molecule has 0 saturated heterocycles. The summed E-state index contributed by atoms with van der Waals surface area (Å²) in [4.78, 5) is 10.9. The fourth-order valence-electron chi connectivity index (χ4n) is 2.28. The van der Waals surface area contributed by atoms with Crippen LogP contribution in [0.3, 0.4) is 0 Å². The molecular formula is C7H10O3S. The van der Waals surface area contributed by atoms with Gasteiger partial charge in [-0.15, -0.1) is 0 Å². The molecule has 0 radical (unpaired) electrons. The minimum Gasteiger partial charge on any atom is -0.300 e. The predicted octanol–water partition coefficient (Wildman–Crippen LogP) is -0.0346. The van der Waals surface area contributed by atoms with Crippen LogP contribution < -0.4 is 0 Å².